The van der Waals surface area contributed by atoms with Gasteiger partial charge in [-0.05, 0) is 12.8 Å². The fourth-order valence-electron chi connectivity index (χ4n) is 2.75. The van der Waals surface area contributed by atoms with Crippen LogP contribution < -0.4 is 0 Å². The van der Waals surface area contributed by atoms with Crippen LogP contribution in [0.3, 0.4) is 0 Å². The minimum atomic E-state index is -0.0640. The average molecular weight is 315 g/mol. The van der Waals surface area contributed by atoms with E-state index in [-0.39, 0.29) is 5.97 Å². The van der Waals surface area contributed by atoms with Gasteiger partial charge in [-0.15, -0.1) is 0 Å². The van der Waals surface area contributed by atoms with Crippen molar-refractivity contribution in [2.24, 2.45) is 0 Å². The zero-order valence-electron chi connectivity index (χ0n) is 13.9. The Balaban J connectivity index is 1.64. The predicted molar refractivity (Wildman–Crippen MR) is 92.9 cm³/mol. The molecule has 0 N–H and O–H groups in total. The molecule has 1 aliphatic rings. The zero-order chi connectivity index (χ0) is 15.2. The fourth-order valence-corrected chi connectivity index (χ4v) is 3.38. The molecular weight excluding hydrogens is 280 g/mol. The summed E-state index contributed by atoms with van der Waals surface area (Å²) in [5.74, 6) is 1.37. The zero-order valence-corrected chi connectivity index (χ0v) is 14.7. The first-order valence-corrected chi connectivity index (χ1v) is 10.1. The molecule has 21 heavy (non-hydrogen) atoms. The second kappa shape index (κ2) is 13.5. The molecular formula is C18H34O2S. The molecule has 0 aromatic carbocycles. The molecule has 0 bridgehead atoms. The van der Waals surface area contributed by atoms with E-state index in [1.165, 1.54) is 89.9 Å². The third kappa shape index (κ3) is 13.2. The lowest BCUT2D eigenvalue weighted by molar-refractivity contribution is -0.140. The van der Waals surface area contributed by atoms with Crippen LogP contribution in [-0.2, 0) is 9.53 Å². The van der Waals surface area contributed by atoms with E-state index in [0.29, 0.717) is 6.42 Å². The largest absolute Gasteiger partial charge is 0.469 e. The first kappa shape index (κ1) is 18.9. The average Bonchev–Trinajstić information content (AvgIpc) is 3.31. The molecule has 0 spiro atoms. The Labute approximate surface area is 135 Å². The molecule has 1 unspecified atom stereocenters. The SMILES string of the molecule is COC(=O)CCCCCCCCCCCCCCC1CS1. The number of esters is 1. The van der Waals surface area contributed by atoms with Crippen LogP contribution in [0.5, 0.6) is 0 Å². The first-order valence-electron chi connectivity index (χ1n) is 9.01. The Bertz CT molecular complexity index is 252. The number of methoxy groups -OCH3 is 1. The lowest BCUT2D eigenvalue weighted by Crippen LogP contribution is -1.99. The van der Waals surface area contributed by atoms with Gasteiger partial charge in [0.05, 0.1) is 7.11 Å². The van der Waals surface area contributed by atoms with E-state index in [1.54, 1.807) is 0 Å². The van der Waals surface area contributed by atoms with Crippen LogP contribution in [0.2, 0.25) is 0 Å². The lowest BCUT2D eigenvalue weighted by atomic mass is 10.0. The number of carbonyl (C=O) groups is 1. The Morgan fingerprint density at radius 2 is 1.29 bits per heavy atom. The Hall–Kier alpha value is -0.180. The van der Waals surface area contributed by atoms with Gasteiger partial charge >= 0.3 is 5.97 Å². The number of ether oxygens (including phenoxy) is 1. The van der Waals surface area contributed by atoms with Crippen LogP contribution in [-0.4, -0.2) is 24.1 Å². The molecule has 1 atom stereocenters. The summed E-state index contributed by atoms with van der Waals surface area (Å²) in [5.41, 5.74) is 0. The first-order chi connectivity index (χ1) is 10.3. The van der Waals surface area contributed by atoms with Crippen LogP contribution in [0.4, 0.5) is 0 Å². The van der Waals surface area contributed by atoms with Crippen molar-refractivity contribution in [3.05, 3.63) is 0 Å². The van der Waals surface area contributed by atoms with Crippen molar-refractivity contribution >= 4 is 17.7 Å². The number of rotatable bonds is 15. The molecule has 1 fully saturated rings. The number of thioether (sulfide) groups is 1. The molecule has 0 aliphatic carbocycles. The van der Waals surface area contributed by atoms with Gasteiger partial charge in [0.25, 0.3) is 0 Å². The van der Waals surface area contributed by atoms with Crippen LogP contribution in [0.15, 0.2) is 0 Å². The topological polar surface area (TPSA) is 26.3 Å². The van der Waals surface area contributed by atoms with E-state index in [0.717, 1.165) is 11.7 Å². The van der Waals surface area contributed by atoms with Gasteiger partial charge in [0.2, 0.25) is 0 Å². The summed E-state index contributed by atoms with van der Waals surface area (Å²) in [5, 5.41) is 1.04. The van der Waals surface area contributed by atoms with Gasteiger partial charge in [-0.3, -0.25) is 4.79 Å². The highest BCUT2D eigenvalue weighted by molar-refractivity contribution is 8.06. The van der Waals surface area contributed by atoms with Crippen molar-refractivity contribution in [1.29, 1.82) is 0 Å². The molecule has 0 aromatic rings. The number of hydrogen-bond acceptors (Lipinski definition) is 3. The van der Waals surface area contributed by atoms with Crippen molar-refractivity contribution in [3.8, 4) is 0 Å². The van der Waals surface area contributed by atoms with Crippen molar-refractivity contribution in [2.75, 3.05) is 12.9 Å². The van der Waals surface area contributed by atoms with Crippen LogP contribution in [0.25, 0.3) is 0 Å². The number of carbonyl (C=O) groups excluding carboxylic acids is 1. The number of unbranched alkanes of at least 4 members (excludes halogenated alkanes) is 11. The molecule has 0 radical (unpaired) electrons. The molecule has 0 saturated carbocycles. The van der Waals surface area contributed by atoms with E-state index in [9.17, 15) is 4.79 Å². The van der Waals surface area contributed by atoms with Crippen molar-refractivity contribution < 1.29 is 9.53 Å². The van der Waals surface area contributed by atoms with Gasteiger partial charge < -0.3 is 4.74 Å². The highest BCUT2D eigenvalue weighted by Crippen LogP contribution is 2.34. The predicted octanol–water partition coefficient (Wildman–Crippen LogP) is 5.74. The number of hydrogen-bond donors (Lipinski definition) is 0. The highest BCUT2D eigenvalue weighted by atomic mass is 32.2. The van der Waals surface area contributed by atoms with Crippen LogP contribution in [0.1, 0.15) is 89.9 Å². The van der Waals surface area contributed by atoms with Crippen LogP contribution >= 0.6 is 11.8 Å². The quantitative estimate of drug-likeness (QED) is 0.219. The van der Waals surface area contributed by atoms with E-state index >= 15 is 0 Å². The molecule has 3 heteroatoms. The second-order valence-electron chi connectivity index (χ2n) is 6.31. The van der Waals surface area contributed by atoms with Crippen LogP contribution in [0, 0.1) is 0 Å². The molecule has 1 saturated heterocycles. The summed E-state index contributed by atoms with van der Waals surface area (Å²) in [6, 6.07) is 0. The maximum Gasteiger partial charge on any atom is 0.305 e. The highest BCUT2D eigenvalue weighted by Gasteiger charge is 2.20. The Morgan fingerprint density at radius 1 is 0.857 bits per heavy atom. The van der Waals surface area contributed by atoms with Gasteiger partial charge in [-0.2, -0.15) is 11.8 Å². The summed E-state index contributed by atoms with van der Waals surface area (Å²) < 4.78 is 4.63. The van der Waals surface area contributed by atoms with Gasteiger partial charge in [-0.1, -0.05) is 70.6 Å². The lowest BCUT2D eigenvalue weighted by Gasteiger charge is -2.03. The summed E-state index contributed by atoms with van der Waals surface area (Å²) in [6.45, 7) is 0. The van der Waals surface area contributed by atoms with E-state index < -0.39 is 0 Å². The minimum absolute atomic E-state index is 0.0640. The molecule has 1 heterocycles. The van der Waals surface area contributed by atoms with Gasteiger partial charge in [-0.25, -0.2) is 0 Å². The van der Waals surface area contributed by atoms with Gasteiger partial charge in [0, 0.05) is 17.4 Å². The van der Waals surface area contributed by atoms with Gasteiger partial charge in [0.15, 0.2) is 0 Å². The molecule has 1 rings (SSSR count). The Morgan fingerprint density at radius 3 is 1.71 bits per heavy atom. The molecule has 0 amide bonds. The standard InChI is InChI=1S/C18H34O2S/c1-20-18(19)15-13-11-9-7-5-3-2-4-6-8-10-12-14-17-16-21-17/h17H,2-16H2,1H3. The third-order valence-corrected chi connectivity index (χ3v) is 5.33. The minimum Gasteiger partial charge on any atom is -0.469 e. The second-order valence-corrected chi connectivity index (χ2v) is 7.65. The maximum absolute atomic E-state index is 10.9. The fraction of sp³-hybridized carbons (Fsp3) is 0.944. The summed E-state index contributed by atoms with van der Waals surface area (Å²) in [6.07, 6.45) is 18.3. The van der Waals surface area contributed by atoms with Gasteiger partial charge in [0.1, 0.15) is 0 Å². The smallest absolute Gasteiger partial charge is 0.305 e. The third-order valence-electron chi connectivity index (χ3n) is 4.29. The van der Waals surface area contributed by atoms with E-state index in [1.807, 2.05) is 0 Å². The van der Waals surface area contributed by atoms with E-state index in [4.69, 9.17) is 0 Å². The summed E-state index contributed by atoms with van der Waals surface area (Å²) in [4.78, 5) is 10.9. The molecule has 1 aliphatic heterocycles. The molecule has 2 nitrogen and oxygen atoms in total. The normalized spacial score (nSPS) is 16.9. The Kier molecular flexibility index (Phi) is 12.1. The van der Waals surface area contributed by atoms with E-state index in [2.05, 4.69) is 16.5 Å². The maximum atomic E-state index is 10.9. The van der Waals surface area contributed by atoms with Crippen molar-refractivity contribution in [3.63, 3.8) is 0 Å². The van der Waals surface area contributed by atoms with Crippen molar-refractivity contribution in [2.45, 2.75) is 95.1 Å². The molecule has 124 valence electrons. The van der Waals surface area contributed by atoms with Crippen molar-refractivity contribution in [1.82, 2.24) is 0 Å². The molecule has 0 aromatic heterocycles. The summed E-state index contributed by atoms with van der Waals surface area (Å²) in [7, 11) is 1.47. The summed E-state index contributed by atoms with van der Waals surface area (Å²) >= 11 is 2.13. The monoisotopic (exact) mass is 314 g/mol.